The van der Waals surface area contributed by atoms with E-state index in [1.54, 1.807) is 0 Å². The van der Waals surface area contributed by atoms with Gasteiger partial charge in [-0.15, -0.1) is 12.4 Å². The SMILES string of the molecule is Cc1ccccc1Cc1cccc(C)c1OCCN(C)C.Cl. The predicted molar refractivity (Wildman–Crippen MR) is 96.5 cm³/mol. The zero-order chi connectivity index (χ0) is 15.2. The van der Waals surface area contributed by atoms with Crippen LogP contribution in [0.1, 0.15) is 22.3 Å². The quantitative estimate of drug-likeness (QED) is 0.789. The summed E-state index contributed by atoms with van der Waals surface area (Å²) >= 11 is 0. The second-order valence-corrected chi connectivity index (χ2v) is 5.82. The Morgan fingerprint density at radius 3 is 2.18 bits per heavy atom. The van der Waals surface area contributed by atoms with E-state index in [0.717, 1.165) is 25.3 Å². The van der Waals surface area contributed by atoms with Gasteiger partial charge < -0.3 is 9.64 Å². The molecule has 0 spiro atoms. The van der Waals surface area contributed by atoms with E-state index in [-0.39, 0.29) is 12.4 Å². The van der Waals surface area contributed by atoms with Crippen molar-refractivity contribution in [1.82, 2.24) is 4.90 Å². The number of hydrogen-bond donors (Lipinski definition) is 0. The number of ether oxygens (including phenoxy) is 1. The van der Waals surface area contributed by atoms with Crippen LogP contribution in [0.25, 0.3) is 0 Å². The number of halogens is 1. The van der Waals surface area contributed by atoms with E-state index in [2.05, 4.69) is 75.3 Å². The van der Waals surface area contributed by atoms with Gasteiger partial charge in [-0.25, -0.2) is 0 Å². The molecule has 3 heteroatoms. The molecule has 0 fully saturated rings. The Balaban J connectivity index is 0.00000242. The lowest BCUT2D eigenvalue weighted by Crippen LogP contribution is -2.20. The van der Waals surface area contributed by atoms with Crippen molar-refractivity contribution in [3.05, 3.63) is 64.7 Å². The molecule has 0 bridgehead atoms. The minimum Gasteiger partial charge on any atom is -0.492 e. The highest BCUT2D eigenvalue weighted by Crippen LogP contribution is 2.26. The maximum absolute atomic E-state index is 6.05. The molecule has 2 nitrogen and oxygen atoms in total. The van der Waals surface area contributed by atoms with Crippen molar-refractivity contribution in [2.24, 2.45) is 0 Å². The van der Waals surface area contributed by atoms with Gasteiger partial charge in [-0.2, -0.15) is 0 Å². The van der Waals surface area contributed by atoms with Gasteiger partial charge in [-0.05, 0) is 50.2 Å². The molecule has 0 saturated carbocycles. The minimum atomic E-state index is 0. The molecule has 0 amide bonds. The Bertz CT molecular complexity index is 596. The summed E-state index contributed by atoms with van der Waals surface area (Å²) in [7, 11) is 4.13. The van der Waals surface area contributed by atoms with E-state index in [9.17, 15) is 0 Å². The lowest BCUT2D eigenvalue weighted by atomic mass is 9.98. The molecule has 0 aliphatic heterocycles. The summed E-state index contributed by atoms with van der Waals surface area (Å²) < 4.78 is 6.05. The van der Waals surface area contributed by atoms with Crippen LogP contribution in [0.4, 0.5) is 0 Å². The predicted octanol–water partition coefficient (Wildman–Crippen LogP) is 4.26. The van der Waals surface area contributed by atoms with Crippen LogP contribution in [0.3, 0.4) is 0 Å². The summed E-state index contributed by atoms with van der Waals surface area (Å²) in [5.74, 6) is 1.04. The molecule has 2 aromatic carbocycles. The molecule has 0 atom stereocenters. The van der Waals surface area contributed by atoms with E-state index in [0.29, 0.717) is 0 Å². The summed E-state index contributed by atoms with van der Waals surface area (Å²) in [6.45, 7) is 5.93. The van der Waals surface area contributed by atoms with E-state index < -0.39 is 0 Å². The number of para-hydroxylation sites is 1. The van der Waals surface area contributed by atoms with Gasteiger partial charge in [0.15, 0.2) is 0 Å². The van der Waals surface area contributed by atoms with E-state index in [1.807, 2.05) is 0 Å². The molecule has 0 radical (unpaired) electrons. The van der Waals surface area contributed by atoms with Crippen molar-refractivity contribution in [2.45, 2.75) is 20.3 Å². The van der Waals surface area contributed by atoms with Crippen LogP contribution >= 0.6 is 12.4 Å². The van der Waals surface area contributed by atoms with Gasteiger partial charge in [0.1, 0.15) is 12.4 Å². The standard InChI is InChI=1S/C19H25NO.ClH/c1-15-8-5-6-10-17(15)14-18-11-7-9-16(2)19(18)21-13-12-20(3)4;/h5-11H,12-14H2,1-4H3;1H. The minimum absolute atomic E-state index is 0. The molecule has 2 rings (SSSR count). The maximum atomic E-state index is 6.05. The molecule has 2 aromatic rings. The second kappa shape index (κ2) is 8.82. The Morgan fingerprint density at radius 1 is 0.864 bits per heavy atom. The van der Waals surface area contributed by atoms with Crippen molar-refractivity contribution < 1.29 is 4.74 Å². The number of aryl methyl sites for hydroxylation is 2. The summed E-state index contributed by atoms with van der Waals surface area (Å²) in [5.41, 5.74) is 5.17. The highest BCUT2D eigenvalue weighted by atomic mass is 35.5. The maximum Gasteiger partial charge on any atom is 0.125 e. The largest absolute Gasteiger partial charge is 0.492 e. The van der Waals surface area contributed by atoms with Crippen molar-refractivity contribution in [3.8, 4) is 5.75 Å². The van der Waals surface area contributed by atoms with Gasteiger partial charge in [0.2, 0.25) is 0 Å². The van der Waals surface area contributed by atoms with Gasteiger partial charge >= 0.3 is 0 Å². The Labute approximate surface area is 140 Å². The van der Waals surface area contributed by atoms with Crippen LogP contribution in [-0.2, 0) is 6.42 Å². The fourth-order valence-electron chi connectivity index (χ4n) is 2.40. The van der Waals surface area contributed by atoms with Gasteiger partial charge in [-0.1, -0.05) is 42.5 Å². The van der Waals surface area contributed by atoms with Gasteiger partial charge in [0.05, 0.1) is 0 Å². The molecule has 0 heterocycles. The molecule has 0 aliphatic rings. The molecule has 22 heavy (non-hydrogen) atoms. The lowest BCUT2D eigenvalue weighted by Gasteiger charge is -2.17. The molecule has 0 aliphatic carbocycles. The first-order valence-electron chi connectivity index (χ1n) is 7.48. The monoisotopic (exact) mass is 319 g/mol. The Hall–Kier alpha value is -1.51. The highest BCUT2D eigenvalue weighted by molar-refractivity contribution is 5.85. The summed E-state index contributed by atoms with van der Waals surface area (Å²) in [6.07, 6.45) is 0.922. The zero-order valence-electron chi connectivity index (χ0n) is 13.9. The summed E-state index contributed by atoms with van der Waals surface area (Å²) in [5, 5.41) is 0. The number of nitrogens with zero attached hydrogens (tertiary/aromatic N) is 1. The molecule has 0 aromatic heterocycles. The van der Waals surface area contributed by atoms with E-state index in [1.165, 1.54) is 22.3 Å². The third-order valence-corrected chi connectivity index (χ3v) is 3.72. The van der Waals surface area contributed by atoms with Crippen LogP contribution in [0.2, 0.25) is 0 Å². The third-order valence-electron chi connectivity index (χ3n) is 3.72. The van der Waals surface area contributed by atoms with Gasteiger partial charge in [-0.3, -0.25) is 0 Å². The number of rotatable bonds is 6. The second-order valence-electron chi connectivity index (χ2n) is 5.82. The fourth-order valence-corrected chi connectivity index (χ4v) is 2.40. The topological polar surface area (TPSA) is 12.5 Å². The molecular weight excluding hydrogens is 294 g/mol. The molecule has 0 N–H and O–H groups in total. The summed E-state index contributed by atoms with van der Waals surface area (Å²) in [6, 6.07) is 15.0. The molecule has 0 saturated heterocycles. The van der Waals surface area contributed by atoms with Crippen LogP contribution in [0.15, 0.2) is 42.5 Å². The molecular formula is C19H26ClNO. The Kier molecular flexibility index (Phi) is 7.43. The average Bonchev–Trinajstić information content (AvgIpc) is 2.44. The fraction of sp³-hybridized carbons (Fsp3) is 0.368. The van der Waals surface area contributed by atoms with E-state index in [4.69, 9.17) is 4.74 Å². The smallest absolute Gasteiger partial charge is 0.125 e. The van der Waals surface area contributed by atoms with Crippen LogP contribution in [-0.4, -0.2) is 32.1 Å². The molecule has 0 unspecified atom stereocenters. The van der Waals surface area contributed by atoms with Crippen molar-refractivity contribution in [1.29, 1.82) is 0 Å². The number of likely N-dealkylation sites (N-methyl/N-ethyl adjacent to an activating group) is 1. The van der Waals surface area contributed by atoms with Crippen molar-refractivity contribution >= 4 is 12.4 Å². The average molecular weight is 320 g/mol. The zero-order valence-corrected chi connectivity index (χ0v) is 14.7. The van der Waals surface area contributed by atoms with Gasteiger partial charge in [0.25, 0.3) is 0 Å². The van der Waals surface area contributed by atoms with Crippen LogP contribution in [0.5, 0.6) is 5.75 Å². The third kappa shape index (κ3) is 5.04. The lowest BCUT2D eigenvalue weighted by molar-refractivity contribution is 0.258. The number of benzene rings is 2. The first-order valence-corrected chi connectivity index (χ1v) is 7.48. The van der Waals surface area contributed by atoms with E-state index >= 15 is 0 Å². The van der Waals surface area contributed by atoms with Crippen molar-refractivity contribution in [2.75, 3.05) is 27.2 Å². The Morgan fingerprint density at radius 2 is 1.50 bits per heavy atom. The first kappa shape index (κ1) is 18.5. The van der Waals surface area contributed by atoms with Crippen LogP contribution < -0.4 is 4.74 Å². The summed E-state index contributed by atoms with van der Waals surface area (Å²) in [4.78, 5) is 2.14. The first-order chi connectivity index (χ1) is 10.1. The number of hydrogen-bond acceptors (Lipinski definition) is 2. The van der Waals surface area contributed by atoms with Crippen molar-refractivity contribution in [3.63, 3.8) is 0 Å². The highest BCUT2D eigenvalue weighted by Gasteiger charge is 2.09. The van der Waals surface area contributed by atoms with Gasteiger partial charge in [0, 0.05) is 13.0 Å². The van der Waals surface area contributed by atoms with Crippen LogP contribution in [0, 0.1) is 13.8 Å². The normalized spacial score (nSPS) is 10.4. The molecule has 120 valence electrons.